The van der Waals surface area contributed by atoms with E-state index in [2.05, 4.69) is 31.2 Å². The third-order valence-electron chi connectivity index (χ3n) is 6.89. The van der Waals surface area contributed by atoms with Crippen molar-refractivity contribution in [3.05, 3.63) is 115 Å². The fourth-order valence-corrected chi connectivity index (χ4v) is 4.79. The molecule has 5 aromatic rings. The van der Waals surface area contributed by atoms with Crippen molar-refractivity contribution in [3.8, 4) is 22.6 Å². The summed E-state index contributed by atoms with van der Waals surface area (Å²) in [5.41, 5.74) is 3.74. The Morgan fingerprint density at radius 3 is 2.09 bits per heavy atom. The largest absolute Gasteiger partial charge is 0.496 e. The zero-order chi connectivity index (χ0) is 32.3. The maximum atomic E-state index is 13.2. The SMILES string of the molecule is COc1ccccc1NC(=O)Nc1nc(Nc2ccccc2-c2ccccc2)nc(C(NCCC(=O)O)c2ccccc2OC)n1. The van der Waals surface area contributed by atoms with Crippen LogP contribution in [-0.4, -0.2) is 52.8 Å². The van der Waals surface area contributed by atoms with Gasteiger partial charge >= 0.3 is 12.0 Å². The first-order chi connectivity index (χ1) is 22.4. The molecule has 1 atom stereocenters. The van der Waals surface area contributed by atoms with Gasteiger partial charge in [-0.15, -0.1) is 0 Å². The molecule has 0 aliphatic rings. The molecule has 0 spiro atoms. The predicted octanol–water partition coefficient (Wildman–Crippen LogP) is 6.10. The summed E-state index contributed by atoms with van der Waals surface area (Å²) < 4.78 is 11.0. The average Bonchev–Trinajstić information content (AvgIpc) is 3.07. The highest BCUT2D eigenvalue weighted by Gasteiger charge is 2.24. The summed E-state index contributed by atoms with van der Waals surface area (Å²) >= 11 is 0. The Kier molecular flexibility index (Phi) is 10.3. The number of para-hydroxylation sites is 4. The smallest absolute Gasteiger partial charge is 0.326 e. The van der Waals surface area contributed by atoms with Crippen LogP contribution in [0.3, 0.4) is 0 Å². The van der Waals surface area contributed by atoms with E-state index in [0.29, 0.717) is 22.7 Å². The molecule has 5 rings (SSSR count). The third-order valence-corrected chi connectivity index (χ3v) is 6.89. The van der Waals surface area contributed by atoms with Crippen LogP contribution in [0.25, 0.3) is 11.1 Å². The van der Waals surface area contributed by atoms with Gasteiger partial charge in [0.25, 0.3) is 0 Å². The van der Waals surface area contributed by atoms with Gasteiger partial charge in [0, 0.05) is 23.4 Å². The Morgan fingerprint density at radius 2 is 1.35 bits per heavy atom. The van der Waals surface area contributed by atoms with Gasteiger partial charge in [-0.05, 0) is 29.8 Å². The number of nitrogens with one attached hydrogen (secondary N) is 4. The van der Waals surface area contributed by atoms with Crippen LogP contribution in [-0.2, 0) is 4.79 Å². The summed E-state index contributed by atoms with van der Waals surface area (Å²) in [4.78, 5) is 38.4. The molecule has 0 aliphatic carbocycles. The lowest BCUT2D eigenvalue weighted by molar-refractivity contribution is -0.136. The molecule has 1 unspecified atom stereocenters. The molecule has 0 radical (unpaired) electrons. The van der Waals surface area contributed by atoms with Crippen molar-refractivity contribution >= 4 is 35.3 Å². The second-order valence-corrected chi connectivity index (χ2v) is 9.93. The minimum absolute atomic E-state index is 0.0444. The maximum absolute atomic E-state index is 13.2. The number of urea groups is 1. The molecular weight excluding hydrogens is 586 g/mol. The maximum Gasteiger partial charge on any atom is 0.326 e. The van der Waals surface area contributed by atoms with E-state index in [1.54, 1.807) is 37.4 Å². The van der Waals surface area contributed by atoms with Gasteiger partial charge in [0.1, 0.15) is 11.5 Å². The Hall–Kier alpha value is -6.01. The van der Waals surface area contributed by atoms with Gasteiger partial charge in [0.15, 0.2) is 5.82 Å². The van der Waals surface area contributed by atoms with Crippen molar-refractivity contribution in [2.75, 3.05) is 36.7 Å². The minimum atomic E-state index is -0.961. The van der Waals surface area contributed by atoms with E-state index in [1.807, 2.05) is 72.8 Å². The van der Waals surface area contributed by atoms with Gasteiger partial charge < -0.3 is 30.5 Å². The number of rotatable bonds is 13. The normalized spacial score (nSPS) is 11.3. The molecule has 1 aromatic heterocycles. The van der Waals surface area contributed by atoms with Crippen LogP contribution in [0, 0.1) is 0 Å². The monoisotopic (exact) mass is 619 g/mol. The summed E-state index contributed by atoms with van der Waals surface area (Å²) in [6.45, 7) is 0.111. The zero-order valence-corrected chi connectivity index (χ0v) is 25.2. The second-order valence-electron chi connectivity index (χ2n) is 9.93. The first-order valence-electron chi connectivity index (χ1n) is 14.4. The average molecular weight is 620 g/mol. The van der Waals surface area contributed by atoms with Crippen LogP contribution in [0.2, 0.25) is 0 Å². The second kappa shape index (κ2) is 15.1. The van der Waals surface area contributed by atoms with E-state index in [9.17, 15) is 14.7 Å². The lowest BCUT2D eigenvalue weighted by atomic mass is 10.0. The highest BCUT2D eigenvalue weighted by atomic mass is 16.5. The van der Waals surface area contributed by atoms with E-state index in [1.165, 1.54) is 7.11 Å². The molecule has 46 heavy (non-hydrogen) atoms. The lowest BCUT2D eigenvalue weighted by Crippen LogP contribution is -2.28. The highest BCUT2D eigenvalue weighted by Crippen LogP contribution is 2.32. The van der Waals surface area contributed by atoms with E-state index in [-0.39, 0.29) is 30.7 Å². The van der Waals surface area contributed by atoms with Crippen molar-refractivity contribution < 1.29 is 24.2 Å². The molecule has 1 heterocycles. The molecule has 5 N–H and O–H groups in total. The number of aromatic nitrogens is 3. The number of hydrogen-bond acceptors (Lipinski definition) is 9. The van der Waals surface area contributed by atoms with Crippen molar-refractivity contribution in [3.63, 3.8) is 0 Å². The summed E-state index contributed by atoms with van der Waals surface area (Å²) in [5, 5.41) is 21.3. The van der Waals surface area contributed by atoms with Crippen molar-refractivity contribution in [1.82, 2.24) is 20.3 Å². The Balaban J connectivity index is 1.56. The number of carbonyl (C=O) groups excluding carboxylic acids is 1. The number of carboxylic acid groups (broad SMARTS) is 1. The number of benzene rings is 4. The number of hydrogen-bond donors (Lipinski definition) is 5. The number of carboxylic acids is 1. The molecular formula is C34H33N7O5. The van der Waals surface area contributed by atoms with Gasteiger partial charge in [-0.2, -0.15) is 15.0 Å². The van der Waals surface area contributed by atoms with E-state index < -0.39 is 18.0 Å². The van der Waals surface area contributed by atoms with E-state index in [4.69, 9.17) is 14.5 Å². The van der Waals surface area contributed by atoms with Gasteiger partial charge in [-0.1, -0.05) is 78.9 Å². The number of anilines is 4. The Labute approximate surface area is 265 Å². The molecule has 12 heteroatoms. The molecule has 12 nitrogen and oxygen atoms in total. The summed E-state index contributed by atoms with van der Waals surface area (Å²) in [7, 11) is 3.06. The van der Waals surface area contributed by atoms with Crippen LogP contribution < -0.4 is 30.7 Å². The molecule has 0 aliphatic heterocycles. The number of carbonyl (C=O) groups is 2. The first kappa shape index (κ1) is 31.4. The molecule has 2 amide bonds. The van der Waals surface area contributed by atoms with E-state index in [0.717, 1.165) is 16.8 Å². The van der Waals surface area contributed by atoms with Gasteiger partial charge in [-0.3, -0.25) is 10.1 Å². The van der Waals surface area contributed by atoms with Crippen LogP contribution >= 0.6 is 0 Å². The topological polar surface area (TPSA) is 160 Å². The highest BCUT2D eigenvalue weighted by molar-refractivity contribution is 5.99. The lowest BCUT2D eigenvalue weighted by Gasteiger charge is -2.21. The van der Waals surface area contributed by atoms with Crippen molar-refractivity contribution in [2.45, 2.75) is 12.5 Å². The Morgan fingerprint density at radius 1 is 0.717 bits per heavy atom. The number of aliphatic carboxylic acids is 1. The van der Waals surface area contributed by atoms with Crippen molar-refractivity contribution in [1.29, 1.82) is 0 Å². The van der Waals surface area contributed by atoms with Gasteiger partial charge in [0.05, 0.1) is 32.4 Å². The first-order valence-corrected chi connectivity index (χ1v) is 14.4. The Bertz CT molecular complexity index is 1800. The molecule has 4 aromatic carbocycles. The molecule has 0 bridgehead atoms. The zero-order valence-electron chi connectivity index (χ0n) is 25.2. The number of ether oxygens (including phenoxy) is 2. The van der Waals surface area contributed by atoms with Gasteiger partial charge in [-0.25, -0.2) is 4.79 Å². The molecule has 0 saturated carbocycles. The fourth-order valence-electron chi connectivity index (χ4n) is 4.79. The quantitative estimate of drug-likeness (QED) is 0.104. The molecule has 234 valence electrons. The van der Waals surface area contributed by atoms with Crippen LogP contribution in [0.5, 0.6) is 11.5 Å². The van der Waals surface area contributed by atoms with Crippen LogP contribution in [0.15, 0.2) is 103 Å². The standard InChI is InChI=1S/C34H33N7O5/c1-45-27-18-10-7-15-24(27)30(35-21-20-29(42)43)31-38-32(36-25-16-8-6-14-23(25)22-12-4-3-5-13-22)40-33(39-31)41-34(44)37-26-17-9-11-19-28(26)46-2/h3-19,30,35H,20-21H2,1-2H3,(H,42,43)(H3,36,37,38,39,40,41,44). The van der Waals surface area contributed by atoms with Crippen LogP contribution in [0.4, 0.5) is 28.1 Å². The van der Waals surface area contributed by atoms with Crippen LogP contribution in [0.1, 0.15) is 23.9 Å². The number of methoxy groups -OCH3 is 2. The van der Waals surface area contributed by atoms with E-state index >= 15 is 0 Å². The number of amides is 2. The summed E-state index contributed by atoms with van der Waals surface area (Å²) in [6, 6.07) is 30.5. The molecule has 0 saturated heterocycles. The predicted molar refractivity (Wildman–Crippen MR) is 176 cm³/mol. The third kappa shape index (κ3) is 7.92. The number of nitrogens with zero attached hydrogens (tertiary/aromatic N) is 3. The fraction of sp³-hybridized carbons (Fsp3) is 0.147. The minimum Gasteiger partial charge on any atom is -0.496 e. The van der Waals surface area contributed by atoms with Gasteiger partial charge in [0.2, 0.25) is 11.9 Å². The summed E-state index contributed by atoms with van der Waals surface area (Å²) in [6.07, 6.45) is -0.140. The molecule has 0 fully saturated rings. The van der Waals surface area contributed by atoms with Crippen molar-refractivity contribution in [2.24, 2.45) is 0 Å². The summed E-state index contributed by atoms with van der Waals surface area (Å²) in [5.74, 6) is 0.392.